The lowest BCUT2D eigenvalue weighted by Gasteiger charge is -2.36. The van der Waals surface area contributed by atoms with Crippen LogP contribution in [0.1, 0.15) is 25.3 Å². The average Bonchev–Trinajstić information content (AvgIpc) is 3.24. The fraction of sp³-hybridized carbons (Fsp3) is 0.393. The van der Waals surface area contributed by atoms with E-state index >= 15 is 0 Å². The third-order valence-corrected chi connectivity index (χ3v) is 7.19. The first kappa shape index (κ1) is 23.9. The predicted octanol–water partition coefficient (Wildman–Crippen LogP) is 4.15. The van der Waals surface area contributed by atoms with E-state index in [-0.39, 0.29) is 12.1 Å². The Hall–Kier alpha value is -2.80. The van der Waals surface area contributed by atoms with Crippen LogP contribution < -0.4 is 5.32 Å². The molecule has 6 nitrogen and oxygen atoms in total. The molecular weight excluding hydrogens is 460 g/mol. The maximum absolute atomic E-state index is 11.9. The van der Waals surface area contributed by atoms with Gasteiger partial charge in [-0.25, -0.2) is 0 Å². The van der Waals surface area contributed by atoms with Gasteiger partial charge in [-0.3, -0.25) is 14.6 Å². The molecule has 1 N–H and O–H groups in total. The standard InChI is InChI=1S/C28H33ClN4O2/c1-2-35-27(34)20-32-16-14-31(15-17-32)19-25-28(22-8-11-24(29)12-9-22)30-26-13-10-23(18-33(25)26)21-6-4-3-5-7-21/h3-4,6,8-13,18,26,30H,2,5,7,14-17,19-20H2,1H3. The van der Waals surface area contributed by atoms with E-state index in [1.54, 1.807) is 0 Å². The van der Waals surface area contributed by atoms with Gasteiger partial charge in [0.25, 0.3) is 0 Å². The Labute approximate surface area is 212 Å². The topological polar surface area (TPSA) is 48.1 Å². The Morgan fingerprint density at radius 2 is 1.91 bits per heavy atom. The maximum atomic E-state index is 11.9. The Balaban J connectivity index is 1.36. The van der Waals surface area contributed by atoms with Gasteiger partial charge in [-0.2, -0.15) is 0 Å². The number of nitrogens with one attached hydrogen (secondary N) is 1. The number of hydrogen-bond acceptors (Lipinski definition) is 6. The lowest BCUT2D eigenvalue weighted by Crippen LogP contribution is -2.49. The third-order valence-electron chi connectivity index (χ3n) is 6.94. The minimum atomic E-state index is -0.138. The van der Waals surface area contributed by atoms with E-state index in [9.17, 15) is 4.79 Å². The van der Waals surface area contributed by atoms with Crippen molar-refractivity contribution in [2.45, 2.75) is 25.9 Å². The lowest BCUT2D eigenvalue weighted by atomic mass is 9.96. The molecule has 35 heavy (non-hydrogen) atoms. The monoisotopic (exact) mass is 492 g/mol. The Kier molecular flexibility index (Phi) is 7.42. The molecule has 1 aliphatic carbocycles. The van der Waals surface area contributed by atoms with Gasteiger partial charge in [0.1, 0.15) is 6.17 Å². The highest BCUT2D eigenvalue weighted by Crippen LogP contribution is 2.35. The van der Waals surface area contributed by atoms with E-state index in [0.29, 0.717) is 13.2 Å². The van der Waals surface area contributed by atoms with Crippen LogP contribution >= 0.6 is 11.6 Å². The van der Waals surface area contributed by atoms with Gasteiger partial charge in [-0.1, -0.05) is 48.0 Å². The molecule has 3 aliphatic heterocycles. The normalized spacial score (nSPS) is 22.6. The Morgan fingerprint density at radius 3 is 2.63 bits per heavy atom. The highest BCUT2D eigenvalue weighted by atomic mass is 35.5. The van der Waals surface area contributed by atoms with Crippen molar-refractivity contribution in [2.75, 3.05) is 45.9 Å². The number of fused-ring (bicyclic) bond motifs is 1. The van der Waals surface area contributed by atoms with Crippen LogP contribution in [0, 0.1) is 0 Å². The summed E-state index contributed by atoms with van der Waals surface area (Å²) in [6.45, 7) is 7.04. The van der Waals surface area contributed by atoms with Crippen LogP contribution in [0.5, 0.6) is 0 Å². The van der Waals surface area contributed by atoms with Crippen LogP contribution in [0.25, 0.3) is 5.70 Å². The molecule has 3 heterocycles. The highest BCUT2D eigenvalue weighted by Gasteiger charge is 2.33. The number of piperazine rings is 1. The molecule has 1 aromatic carbocycles. The second-order valence-electron chi connectivity index (χ2n) is 9.28. The summed E-state index contributed by atoms with van der Waals surface area (Å²) in [6, 6.07) is 8.07. The maximum Gasteiger partial charge on any atom is 0.320 e. The first-order chi connectivity index (χ1) is 17.1. The summed E-state index contributed by atoms with van der Waals surface area (Å²) in [4.78, 5) is 18.9. The summed E-state index contributed by atoms with van der Waals surface area (Å²) < 4.78 is 5.12. The molecule has 1 fully saturated rings. The highest BCUT2D eigenvalue weighted by molar-refractivity contribution is 6.30. The molecule has 0 bridgehead atoms. The van der Waals surface area contributed by atoms with Crippen LogP contribution in [-0.4, -0.2) is 72.7 Å². The van der Waals surface area contributed by atoms with Crippen LogP contribution in [0.3, 0.4) is 0 Å². The largest absolute Gasteiger partial charge is 0.465 e. The second-order valence-corrected chi connectivity index (χ2v) is 9.72. The fourth-order valence-corrected chi connectivity index (χ4v) is 5.18. The summed E-state index contributed by atoms with van der Waals surface area (Å²) in [5, 5.41) is 4.48. The number of allylic oxidation sites excluding steroid dienone is 6. The van der Waals surface area contributed by atoms with Gasteiger partial charge in [0, 0.05) is 43.9 Å². The van der Waals surface area contributed by atoms with E-state index in [4.69, 9.17) is 16.3 Å². The smallest absolute Gasteiger partial charge is 0.320 e. The van der Waals surface area contributed by atoms with E-state index in [1.165, 1.54) is 16.8 Å². The predicted molar refractivity (Wildman–Crippen MR) is 140 cm³/mol. The Bertz CT molecular complexity index is 1090. The number of nitrogens with zero attached hydrogens (tertiary/aromatic N) is 3. The lowest BCUT2D eigenvalue weighted by molar-refractivity contribution is -0.144. The fourth-order valence-electron chi connectivity index (χ4n) is 5.05. The number of carbonyl (C=O) groups excluding carboxylic acids is 1. The van der Waals surface area contributed by atoms with Crippen LogP contribution in [0.15, 0.2) is 77.7 Å². The van der Waals surface area contributed by atoms with Gasteiger partial charge in [0.05, 0.1) is 24.5 Å². The summed E-state index contributed by atoms with van der Waals surface area (Å²) >= 11 is 6.18. The van der Waals surface area contributed by atoms with Gasteiger partial charge >= 0.3 is 5.97 Å². The van der Waals surface area contributed by atoms with Crippen molar-refractivity contribution in [3.05, 3.63) is 88.3 Å². The molecule has 7 heteroatoms. The molecule has 1 saturated heterocycles. The van der Waals surface area contributed by atoms with Gasteiger partial charge in [-0.15, -0.1) is 0 Å². The van der Waals surface area contributed by atoms with Crippen molar-refractivity contribution in [1.29, 1.82) is 0 Å². The number of rotatable bonds is 7. The Morgan fingerprint density at radius 1 is 1.14 bits per heavy atom. The van der Waals surface area contributed by atoms with E-state index in [2.05, 4.69) is 68.7 Å². The van der Waals surface area contributed by atoms with Crippen LogP contribution in [0.4, 0.5) is 0 Å². The molecule has 1 atom stereocenters. The van der Waals surface area contributed by atoms with Gasteiger partial charge in [0.2, 0.25) is 0 Å². The number of benzene rings is 1. The quantitative estimate of drug-likeness (QED) is 0.577. The molecule has 0 spiro atoms. The molecular formula is C28H33ClN4O2. The third kappa shape index (κ3) is 5.56. The average molecular weight is 493 g/mol. The van der Waals surface area contributed by atoms with Crippen molar-refractivity contribution in [2.24, 2.45) is 0 Å². The van der Waals surface area contributed by atoms with Gasteiger partial charge in [0.15, 0.2) is 0 Å². The first-order valence-corrected chi connectivity index (χ1v) is 12.9. The molecule has 0 aromatic heterocycles. The first-order valence-electron chi connectivity index (χ1n) is 12.5. The molecule has 0 radical (unpaired) electrons. The molecule has 1 unspecified atom stereocenters. The van der Waals surface area contributed by atoms with Crippen molar-refractivity contribution in [3.63, 3.8) is 0 Å². The molecule has 0 saturated carbocycles. The zero-order chi connectivity index (χ0) is 24.2. The zero-order valence-electron chi connectivity index (χ0n) is 20.3. The molecule has 0 amide bonds. The summed E-state index contributed by atoms with van der Waals surface area (Å²) in [6.07, 6.45) is 15.7. The summed E-state index contributed by atoms with van der Waals surface area (Å²) in [7, 11) is 0. The number of hydrogen-bond donors (Lipinski definition) is 1. The second kappa shape index (κ2) is 10.9. The minimum absolute atomic E-state index is 0.101. The van der Waals surface area contributed by atoms with Crippen molar-refractivity contribution in [3.8, 4) is 0 Å². The number of carbonyl (C=O) groups is 1. The number of esters is 1. The molecule has 5 rings (SSSR count). The van der Waals surface area contributed by atoms with Crippen molar-refractivity contribution < 1.29 is 9.53 Å². The number of halogens is 1. The van der Waals surface area contributed by atoms with E-state index < -0.39 is 0 Å². The molecule has 4 aliphatic rings. The van der Waals surface area contributed by atoms with E-state index in [0.717, 1.165) is 61.8 Å². The summed E-state index contributed by atoms with van der Waals surface area (Å²) in [5.74, 6) is -0.138. The van der Waals surface area contributed by atoms with Gasteiger partial charge < -0.3 is 15.0 Å². The molecule has 1 aromatic rings. The SMILES string of the molecule is CCOC(=O)CN1CCN(CC2=C(c3ccc(Cl)cc3)NC3C=CC(C4=CC=CCC4)=CN23)CC1. The van der Waals surface area contributed by atoms with Crippen molar-refractivity contribution >= 4 is 23.3 Å². The molecule has 184 valence electrons. The zero-order valence-corrected chi connectivity index (χ0v) is 21.0. The van der Waals surface area contributed by atoms with Crippen LogP contribution in [0.2, 0.25) is 5.02 Å². The van der Waals surface area contributed by atoms with Crippen LogP contribution in [-0.2, 0) is 9.53 Å². The van der Waals surface area contributed by atoms with E-state index in [1.807, 2.05) is 19.1 Å². The van der Waals surface area contributed by atoms with Gasteiger partial charge in [-0.05, 0) is 54.7 Å². The minimum Gasteiger partial charge on any atom is -0.465 e. The van der Waals surface area contributed by atoms with Crippen molar-refractivity contribution in [1.82, 2.24) is 20.0 Å². The number of ether oxygens (including phenoxy) is 1. The summed E-state index contributed by atoms with van der Waals surface area (Å²) in [5.41, 5.74) is 6.23.